The van der Waals surface area contributed by atoms with Crippen LogP contribution >= 0.6 is 0 Å². The van der Waals surface area contributed by atoms with E-state index in [1.807, 2.05) is 30.3 Å². The molecule has 0 aliphatic heterocycles. The second-order valence-electron chi connectivity index (χ2n) is 5.05. The fourth-order valence-corrected chi connectivity index (χ4v) is 2.79. The Kier molecular flexibility index (Phi) is 4.55. The molecule has 0 heterocycles. The molecular weight excluding hydrogens is 242 g/mol. The predicted molar refractivity (Wildman–Crippen MR) is 71.8 cm³/mol. The van der Waals surface area contributed by atoms with E-state index in [-0.39, 0.29) is 12.0 Å². The second kappa shape index (κ2) is 6.36. The summed E-state index contributed by atoms with van der Waals surface area (Å²) in [4.78, 5) is 24.0. The molecule has 0 unspecified atom stereocenters. The first-order chi connectivity index (χ1) is 9.22. The Morgan fingerprint density at radius 2 is 1.95 bits per heavy atom. The second-order valence-corrected chi connectivity index (χ2v) is 5.05. The Morgan fingerprint density at radius 3 is 2.58 bits per heavy atom. The summed E-state index contributed by atoms with van der Waals surface area (Å²) in [5.74, 6) is -0.159. The van der Waals surface area contributed by atoms with Crippen molar-refractivity contribution in [3.63, 3.8) is 0 Å². The first kappa shape index (κ1) is 13.6. The molecule has 1 N–H and O–H groups in total. The van der Waals surface area contributed by atoms with Crippen molar-refractivity contribution in [1.82, 2.24) is 4.90 Å². The van der Waals surface area contributed by atoms with Gasteiger partial charge in [0.25, 0.3) is 0 Å². The van der Waals surface area contributed by atoms with E-state index in [2.05, 4.69) is 0 Å². The number of rotatable bonds is 4. The normalized spacial score (nSPS) is 22.7. The summed E-state index contributed by atoms with van der Waals surface area (Å²) in [7, 11) is 0. The number of amides is 1. The molecular formula is C15H19NO3. The number of hydrogen-bond donors (Lipinski definition) is 1. The first-order valence-electron chi connectivity index (χ1n) is 6.71. The van der Waals surface area contributed by atoms with Crippen molar-refractivity contribution in [3.05, 3.63) is 35.9 Å². The minimum absolute atomic E-state index is 0.159. The van der Waals surface area contributed by atoms with Crippen LogP contribution < -0.4 is 0 Å². The van der Waals surface area contributed by atoms with Crippen molar-refractivity contribution in [2.75, 3.05) is 0 Å². The highest BCUT2D eigenvalue weighted by molar-refractivity contribution is 5.67. The molecule has 0 radical (unpaired) electrons. The van der Waals surface area contributed by atoms with Gasteiger partial charge in [-0.3, -0.25) is 0 Å². The van der Waals surface area contributed by atoms with Crippen LogP contribution in [0.4, 0.5) is 4.79 Å². The van der Waals surface area contributed by atoms with Crippen LogP contribution in [0.25, 0.3) is 0 Å². The van der Waals surface area contributed by atoms with Gasteiger partial charge in [-0.25, -0.2) is 4.79 Å². The Labute approximate surface area is 113 Å². The highest BCUT2D eigenvalue weighted by atomic mass is 16.4. The van der Waals surface area contributed by atoms with Gasteiger partial charge < -0.3 is 14.8 Å². The van der Waals surface area contributed by atoms with E-state index in [0.29, 0.717) is 6.54 Å². The Balaban J connectivity index is 2.15. The van der Waals surface area contributed by atoms with Gasteiger partial charge in [0.15, 0.2) is 0 Å². The number of hydrogen-bond acceptors (Lipinski definition) is 2. The van der Waals surface area contributed by atoms with Gasteiger partial charge in [0, 0.05) is 18.5 Å². The van der Waals surface area contributed by atoms with E-state index in [0.717, 1.165) is 37.5 Å². The fraction of sp³-hybridized carbons (Fsp3) is 0.467. The van der Waals surface area contributed by atoms with Crippen LogP contribution in [0.3, 0.4) is 0 Å². The topological polar surface area (TPSA) is 57.6 Å². The van der Waals surface area contributed by atoms with Crippen molar-refractivity contribution >= 4 is 12.4 Å². The zero-order valence-corrected chi connectivity index (χ0v) is 10.9. The van der Waals surface area contributed by atoms with Crippen molar-refractivity contribution in [2.45, 2.75) is 38.3 Å². The van der Waals surface area contributed by atoms with Crippen LogP contribution in [-0.4, -0.2) is 28.4 Å². The number of benzene rings is 1. The molecule has 4 nitrogen and oxygen atoms in total. The maximum atomic E-state index is 11.5. The Bertz CT molecular complexity index is 432. The van der Waals surface area contributed by atoms with Crippen LogP contribution in [0.15, 0.2) is 30.3 Å². The van der Waals surface area contributed by atoms with E-state index in [1.54, 1.807) is 0 Å². The highest BCUT2D eigenvalue weighted by Crippen LogP contribution is 2.28. The molecule has 0 saturated heterocycles. The zero-order valence-electron chi connectivity index (χ0n) is 10.9. The zero-order chi connectivity index (χ0) is 13.7. The van der Waals surface area contributed by atoms with E-state index in [9.17, 15) is 14.7 Å². The summed E-state index contributed by atoms with van der Waals surface area (Å²) < 4.78 is 0. The van der Waals surface area contributed by atoms with Gasteiger partial charge in [-0.15, -0.1) is 0 Å². The quantitative estimate of drug-likeness (QED) is 0.848. The summed E-state index contributed by atoms with van der Waals surface area (Å²) in [6, 6.07) is 9.34. The average molecular weight is 261 g/mol. The lowest BCUT2D eigenvalue weighted by molar-refractivity contribution is -0.113. The lowest BCUT2D eigenvalue weighted by Crippen LogP contribution is -2.45. The monoisotopic (exact) mass is 261 g/mol. The molecule has 1 aromatic carbocycles. The third kappa shape index (κ3) is 3.34. The molecule has 4 heteroatoms. The maximum absolute atomic E-state index is 11.5. The maximum Gasteiger partial charge on any atom is 0.407 e. The van der Waals surface area contributed by atoms with Gasteiger partial charge in [-0.2, -0.15) is 0 Å². The average Bonchev–Trinajstić information content (AvgIpc) is 2.45. The van der Waals surface area contributed by atoms with Crippen LogP contribution in [0, 0.1) is 5.92 Å². The van der Waals surface area contributed by atoms with Crippen LogP contribution in [-0.2, 0) is 11.3 Å². The van der Waals surface area contributed by atoms with Gasteiger partial charge in [0.05, 0.1) is 0 Å². The smallest absolute Gasteiger partial charge is 0.407 e. The molecule has 0 spiro atoms. The van der Waals surface area contributed by atoms with Gasteiger partial charge in [-0.1, -0.05) is 43.2 Å². The number of carboxylic acid groups (broad SMARTS) is 1. The molecule has 1 fully saturated rings. The fourth-order valence-electron chi connectivity index (χ4n) is 2.79. The molecule has 1 aromatic rings. The Hall–Kier alpha value is -1.84. The predicted octanol–water partition coefficient (Wildman–Crippen LogP) is 2.92. The summed E-state index contributed by atoms with van der Waals surface area (Å²) in [6.45, 7) is 0.352. The molecule has 1 aliphatic rings. The van der Waals surface area contributed by atoms with E-state index in [4.69, 9.17) is 0 Å². The van der Waals surface area contributed by atoms with E-state index >= 15 is 0 Å². The van der Waals surface area contributed by atoms with Crippen LogP contribution in [0.2, 0.25) is 0 Å². The van der Waals surface area contributed by atoms with Crippen LogP contribution in [0.1, 0.15) is 31.2 Å². The third-order valence-corrected chi connectivity index (χ3v) is 3.80. The van der Waals surface area contributed by atoms with E-state index < -0.39 is 6.09 Å². The molecule has 2 rings (SSSR count). The van der Waals surface area contributed by atoms with Crippen molar-refractivity contribution < 1.29 is 14.7 Å². The minimum Gasteiger partial charge on any atom is -0.465 e. The lowest BCUT2D eigenvalue weighted by atomic mass is 9.84. The summed E-state index contributed by atoms with van der Waals surface area (Å²) in [5.41, 5.74) is 0.958. The van der Waals surface area contributed by atoms with Crippen molar-refractivity contribution in [1.29, 1.82) is 0 Å². The molecule has 1 amide bonds. The SMILES string of the molecule is O=C[C@@H]1CCCC[C@H]1N(Cc1ccccc1)C(=O)O. The number of aldehydes is 1. The van der Waals surface area contributed by atoms with Gasteiger partial charge in [-0.05, 0) is 18.4 Å². The lowest BCUT2D eigenvalue weighted by Gasteiger charge is -2.36. The molecule has 2 atom stereocenters. The van der Waals surface area contributed by atoms with E-state index in [1.165, 1.54) is 4.90 Å². The molecule has 102 valence electrons. The summed E-state index contributed by atoms with van der Waals surface area (Å²) in [6.07, 6.45) is 3.56. The third-order valence-electron chi connectivity index (χ3n) is 3.80. The molecule has 1 aliphatic carbocycles. The molecule has 0 bridgehead atoms. The number of carbonyl (C=O) groups excluding carboxylic acids is 1. The molecule has 19 heavy (non-hydrogen) atoms. The molecule has 0 aromatic heterocycles. The number of nitrogens with zero attached hydrogens (tertiary/aromatic N) is 1. The standard InChI is InChI=1S/C15H19NO3/c17-11-13-8-4-5-9-14(13)16(15(18)19)10-12-6-2-1-3-7-12/h1-3,6-7,11,13-14H,4-5,8-10H2,(H,18,19)/t13-,14+/m0/s1. The van der Waals surface area contributed by atoms with Gasteiger partial charge in [0.2, 0.25) is 0 Å². The summed E-state index contributed by atoms with van der Waals surface area (Å²) >= 11 is 0. The minimum atomic E-state index is -0.942. The molecule has 1 saturated carbocycles. The van der Waals surface area contributed by atoms with Crippen LogP contribution in [0.5, 0.6) is 0 Å². The van der Waals surface area contributed by atoms with Crippen molar-refractivity contribution in [2.24, 2.45) is 5.92 Å². The summed E-state index contributed by atoms with van der Waals surface area (Å²) in [5, 5.41) is 9.41. The van der Waals surface area contributed by atoms with Crippen molar-refractivity contribution in [3.8, 4) is 0 Å². The number of carbonyl (C=O) groups is 2. The van der Waals surface area contributed by atoms with Gasteiger partial charge >= 0.3 is 6.09 Å². The Morgan fingerprint density at radius 1 is 1.26 bits per heavy atom. The first-order valence-corrected chi connectivity index (χ1v) is 6.71. The highest BCUT2D eigenvalue weighted by Gasteiger charge is 2.32. The van der Waals surface area contributed by atoms with Gasteiger partial charge in [0.1, 0.15) is 6.29 Å². The largest absolute Gasteiger partial charge is 0.465 e.